The lowest BCUT2D eigenvalue weighted by Crippen LogP contribution is -2.69. The molecule has 3 saturated carbocycles. The molecule has 1 unspecified atom stereocenters. The second-order valence-corrected chi connectivity index (χ2v) is 12.3. The molecule has 18 nitrogen and oxygen atoms in total. The van der Waals surface area contributed by atoms with E-state index in [1.807, 2.05) is 5.32 Å². The van der Waals surface area contributed by atoms with Crippen LogP contribution >= 0.6 is 0 Å². The number of alkyl carbamates (subject to hydrolysis) is 1. The Balaban J connectivity index is 1.37. The zero-order valence-corrected chi connectivity index (χ0v) is 24.8. The summed E-state index contributed by atoms with van der Waals surface area (Å²) < 4.78 is 26.7. The maximum atomic E-state index is 17.2. The van der Waals surface area contributed by atoms with Crippen LogP contribution in [0.4, 0.5) is 9.18 Å². The Bertz CT molecular complexity index is 1370. The second kappa shape index (κ2) is 12.5. The van der Waals surface area contributed by atoms with E-state index >= 15 is 4.39 Å². The standard InChI is InChI=1S/C27H34FN3O15/c1-24-6-5-15(32)7-14(24)3-4-17-18-8-19(33)27(38,25(18,2)9-20(34)26(17,24)28)21(35)13-43-22(36)10-29-23(37)44-11-16(46-31(41)42)12-45-30(39)40/h5-7,16-20,33-34,38H,3-4,8-13H2,1-2H3,(H,29,37)/t16?,17-,18-,19+,20-,24-,25-,26-,27-/m0/s1. The number of fused-ring (bicyclic) bond motifs is 5. The minimum Gasteiger partial charge on any atom is -0.456 e. The van der Waals surface area contributed by atoms with E-state index in [0.29, 0.717) is 12.0 Å². The predicted molar refractivity (Wildman–Crippen MR) is 145 cm³/mol. The van der Waals surface area contributed by atoms with E-state index in [1.165, 1.54) is 25.2 Å². The first-order chi connectivity index (χ1) is 21.4. The molecule has 0 saturated heterocycles. The van der Waals surface area contributed by atoms with Gasteiger partial charge in [0.25, 0.3) is 10.2 Å². The molecular formula is C27H34FN3O15. The van der Waals surface area contributed by atoms with Crippen LogP contribution in [0.2, 0.25) is 0 Å². The van der Waals surface area contributed by atoms with E-state index < -0.39 is 113 Å². The molecule has 0 heterocycles. The number of aliphatic hydroxyl groups is 3. The summed E-state index contributed by atoms with van der Waals surface area (Å²) in [5.74, 6) is -4.28. The minimum atomic E-state index is -2.54. The molecule has 4 rings (SSSR count). The van der Waals surface area contributed by atoms with Crippen molar-refractivity contribution in [3.63, 3.8) is 0 Å². The van der Waals surface area contributed by atoms with Crippen molar-refractivity contribution >= 4 is 23.6 Å². The van der Waals surface area contributed by atoms with Crippen LogP contribution in [0.3, 0.4) is 0 Å². The molecule has 0 aromatic carbocycles. The first kappa shape index (κ1) is 34.6. The molecular weight excluding hydrogens is 625 g/mol. The molecule has 254 valence electrons. The number of ether oxygens (including phenoxy) is 2. The van der Waals surface area contributed by atoms with Gasteiger partial charge in [-0.1, -0.05) is 18.6 Å². The molecule has 1 amide bonds. The van der Waals surface area contributed by atoms with Gasteiger partial charge in [-0.15, -0.1) is 20.2 Å². The molecule has 3 fully saturated rings. The van der Waals surface area contributed by atoms with Crippen LogP contribution in [-0.4, -0.2) is 105 Å². The number of allylic oxidation sites excluding steroid dienone is 4. The molecule has 9 atom stereocenters. The summed E-state index contributed by atoms with van der Waals surface area (Å²) in [5.41, 5.74) is -7.14. The largest absolute Gasteiger partial charge is 0.456 e. The number of nitrogens with zero attached hydrogens (tertiary/aromatic N) is 2. The number of amides is 1. The highest BCUT2D eigenvalue weighted by molar-refractivity contribution is 6.01. The quantitative estimate of drug-likeness (QED) is 0.119. The number of nitrogens with one attached hydrogen (secondary N) is 1. The van der Waals surface area contributed by atoms with Gasteiger partial charge >= 0.3 is 12.1 Å². The monoisotopic (exact) mass is 659 g/mol. The number of hydrogen-bond donors (Lipinski definition) is 4. The summed E-state index contributed by atoms with van der Waals surface area (Å²) in [6.07, 6.45) is -2.43. The molecule has 46 heavy (non-hydrogen) atoms. The fraction of sp³-hybridized carbons (Fsp3) is 0.704. The molecule has 4 aliphatic carbocycles. The second-order valence-electron chi connectivity index (χ2n) is 12.3. The van der Waals surface area contributed by atoms with Crippen LogP contribution in [-0.2, 0) is 33.5 Å². The van der Waals surface area contributed by atoms with Crippen LogP contribution in [0.5, 0.6) is 0 Å². The Hall–Kier alpha value is -4.23. The van der Waals surface area contributed by atoms with Crippen molar-refractivity contribution in [2.45, 2.75) is 69.1 Å². The fourth-order valence-corrected chi connectivity index (χ4v) is 7.77. The Morgan fingerprint density at radius 1 is 1.11 bits per heavy atom. The van der Waals surface area contributed by atoms with E-state index in [-0.39, 0.29) is 18.6 Å². The third-order valence-corrected chi connectivity index (χ3v) is 10.0. The van der Waals surface area contributed by atoms with Crippen LogP contribution < -0.4 is 5.32 Å². The van der Waals surface area contributed by atoms with Gasteiger partial charge in [0.1, 0.15) is 19.8 Å². The van der Waals surface area contributed by atoms with Crippen LogP contribution in [0.1, 0.15) is 39.5 Å². The van der Waals surface area contributed by atoms with Gasteiger partial charge in [0.2, 0.25) is 5.78 Å². The normalized spacial score (nSPS) is 36.6. The molecule has 0 bridgehead atoms. The lowest BCUT2D eigenvalue weighted by atomic mass is 9.44. The first-order valence-corrected chi connectivity index (χ1v) is 14.3. The van der Waals surface area contributed by atoms with Crippen molar-refractivity contribution in [1.82, 2.24) is 5.32 Å². The van der Waals surface area contributed by atoms with Gasteiger partial charge in [-0.05, 0) is 50.7 Å². The third kappa shape index (κ3) is 5.77. The maximum Gasteiger partial charge on any atom is 0.407 e. The van der Waals surface area contributed by atoms with Crippen molar-refractivity contribution < 1.29 is 68.2 Å². The van der Waals surface area contributed by atoms with Crippen molar-refractivity contribution in [2.75, 3.05) is 26.4 Å². The summed E-state index contributed by atoms with van der Waals surface area (Å²) in [7, 11) is 0. The van der Waals surface area contributed by atoms with Gasteiger partial charge in [-0.3, -0.25) is 14.4 Å². The zero-order valence-electron chi connectivity index (χ0n) is 24.8. The summed E-state index contributed by atoms with van der Waals surface area (Å²) >= 11 is 0. The SMILES string of the molecule is C[C@]12C=CC(=O)C=C1CC[C@H]1[C@@H]3C[C@@H](O)[C@](O)(C(=O)COC(=O)CNC(=O)OCC(CO[N+](=O)[O-])O[N+](=O)[O-])[C@@]3(C)C[C@H](O)[C@@]12F. The number of hydrogen-bond acceptors (Lipinski definition) is 15. The van der Waals surface area contributed by atoms with Gasteiger partial charge in [0, 0.05) is 16.7 Å². The minimum absolute atomic E-state index is 0.186. The van der Waals surface area contributed by atoms with E-state index in [4.69, 9.17) is 4.74 Å². The van der Waals surface area contributed by atoms with Crippen molar-refractivity contribution in [3.05, 3.63) is 44.0 Å². The van der Waals surface area contributed by atoms with Crippen LogP contribution in [0.15, 0.2) is 23.8 Å². The number of carbonyl (C=O) groups is 4. The number of esters is 1. The zero-order chi connectivity index (χ0) is 34.2. The number of halogens is 1. The topological polar surface area (TPSA) is 264 Å². The van der Waals surface area contributed by atoms with Gasteiger partial charge in [0.05, 0.1) is 12.2 Å². The number of Topliss-reactive ketones (excluding diaryl/α,β-unsaturated/α-hetero) is 1. The maximum absolute atomic E-state index is 17.2. The van der Waals surface area contributed by atoms with Crippen molar-refractivity contribution in [3.8, 4) is 0 Å². The number of aliphatic hydroxyl groups excluding tert-OH is 2. The molecule has 0 aromatic rings. The van der Waals surface area contributed by atoms with E-state index in [9.17, 15) is 54.7 Å². The van der Waals surface area contributed by atoms with Crippen LogP contribution in [0, 0.1) is 42.9 Å². The number of ketones is 2. The van der Waals surface area contributed by atoms with Crippen LogP contribution in [0.25, 0.3) is 0 Å². The molecule has 19 heteroatoms. The predicted octanol–water partition coefficient (Wildman–Crippen LogP) is -0.317. The lowest BCUT2D eigenvalue weighted by Gasteiger charge is -2.62. The van der Waals surface area contributed by atoms with Gasteiger partial charge in [-0.25, -0.2) is 9.18 Å². The van der Waals surface area contributed by atoms with Crippen molar-refractivity contribution in [2.24, 2.45) is 22.7 Å². The van der Waals surface area contributed by atoms with Crippen molar-refractivity contribution in [1.29, 1.82) is 0 Å². The molecule has 0 aliphatic heterocycles. The van der Waals surface area contributed by atoms with Gasteiger partial charge in [-0.2, -0.15) is 0 Å². The Morgan fingerprint density at radius 3 is 2.46 bits per heavy atom. The Morgan fingerprint density at radius 2 is 1.80 bits per heavy atom. The number of carbonyl (C=O) groups excluding carboxylic acids is 4. The van der Waals surface area contributed by atoms with E-state index in [0.717, 1.165) is 0 Å². The Kier molecular flexibility index (Phi) is 9.43. The molecule has 0 radical (unpaired) electrons. The Labute approximate surface area is 259 Å². The smallest absolute Gasteiger partial charge is 0.407 e. The third-order valence-electron chi connectivity index (χ3n) is 10.0. The molecule has 0 aromatic heterocycles. The summed E-state index contributed by atoms with van der Waals surface area (Å²) in [5, 5.41) is 54.2. The highest BCUT2D eigenvalue weighted by Crippen LogP contribution is 2.69. The van der Waals surface area contributed by atoms with Gasteiger partial charge < -0.3 is 39.8 Å². The first-order valence-electron chi connectivity index (χ1n) is 14.3. The van der Waals surface area contributed by atoms with Gasteiger partial charge in [0.15, 0.2) is 29.8 Å². The lowest BCUT2D eigenvalue weighted by molar-refractivity contribution is -0.790. The number of rotatable bonds is 12. The van der Waals surface area contributed by atoms with E-state index in [2.05, 4.69) is 14.4 Å². The highest BCUT2D eigenvalue weighted by atomic mass is 19.1. The summed E-state index contributed by atoms with van der Waals surface area (Å²) in [6, 6.07) is 0. The molecule has 4 aliphatic rings. The average Bonchev–Trinajstić information content (AvgIpc) is 3.18. The molecule has 0 spiro atoms. The highest BCUT2D eigenvalue weighted by Gasteiger charge is 2.76. The summed E-state index contributed by atoms with van der Waals surface area (Å²) in [4.78, 5) is 78.2. The van der Waals surface area contributed by atoms with E-state index in [1.54, 1.807) is 6.92 Å². The fourth-order valence-electron chi connectivity index (χ4n) is 7.77. The summed E-state index contributed by atoms with van der Waals surface area (Å²) in [6.45, 7) is -0.700. The molecule has 4 N–H and O–H groups in total. The number of alkyl halides is 1. The average molecular weight is 660 g/mol.